The topological polar surface area (TPSA) is 37.3 Å². The maximum Gasteiger partial charge on any atom is 0.307 e. The number of hydrogen-bond donors (Lipinski definition) is 1. The summed E-state index contributed by atoms with van der Waals surface area (Å²) in [5.74, 6) is -0.730. The Balaban J connectivity index is 2.33. The fraction of sp³-hybridized carbons (Fsp3) is 0.500. The summed E-state index contributed by atoms with van der Waals surface area (Å²) in [4.78, 5) is 11.1. The zero-order valence-electron chi connectivity index (χ0n) is 10.2. The molecule has 1 fully saturated rings. The van der Waals surface area contributed by atoms with Gasteiger partial charge in [0, 0.05) is 5.92 Å². The fourth-order valence-electron chi connectivity index (χ4n) is 2.68. The molecule has 1 saturated carbocycles. The van der Waals surface area contributed by atoms with Crippen LogP contribution in [-0.4, -0.2) is 11.1 Å². The highest BCUT2D eigenvalue weighted by Crippen LogP contribution is 2.64. The Bertz CT molecular complexity index is 446. The molecule has 0 bridgehead atoms. The molecule has 0 spiro atoms. The second-order valence-corrected chi connectivity index (χ2v) is 5.46. The Hall–Kier alpha value is -1.31. The van der Waals surface area contributed by atoms with Crippen molar-refractivity contribution in [1.82, 2.24) is 0 Å². The van der Waals surface area contributed by atoms with Crippen molar-refractivity contribution in [3.05, 3.63) is 34.9 Å². The van der Waals surface area contributed by atoms with Gasteiger partial charge in [-0.25, -0.2) is 0 Å². The number of hydrogen-bond acceptors (Lipinski definition) is 1. The SMILES string of the molecule is Cc1ccc([C@@H]2[C@@H](C(=O)O)C2(C)C)cc1C. The number of benzene rings is 1. The van der Waals surface area contributed by atoms with E-state index in [-0.39, 0.29) is 17.3 Å². The summed E-state index contributed by atoms with van der Waals surface area (Å²) < 4.78 is 0. The first-order valence-corrected chi connectivity index (χ1v) is 5.65. The molecule has 1 aliphatic carbocycles. The Labute approximate surface area is 96.3 Å². The molecule has 0 unspecified atom stereocenters. The van der Waals surface area contributed by atoms with E-state index in [0.717, 1.165) is 0 Å². The molecule has 0 saturated heterocycles. The minimum absolute atomic E-state index is 0.104. The lowest BCUT2D eigenvalue weighted by Crippen LogP contribution is -2.03. The lowest BCUT2D eigenvalue weighted by Gasteiger charge is -2.06. The highest BCUT2D eigenvalue weighted by atomic mass is 16.4. The van der Waals surface area contributed by atoms with Crippen LogP contribution in [0.2, 0.25) is 0 Å². The third-order valence-corrected chi connectivity index (χ3v) is 3.98. The quantitative estimate of drug-likeness (QED) is 0.828. The van der Waals surface area contributed by atoms with Gasteiger partial charge < -0.3 is 5.11 Å². The number of aliphatic carboxylic acids is 1. The molecule has 16 heavy (non-hydrogen) atoms. The fourth-order valence-corrected chi connectivity index (χ4v) is 2.68. The van der Waals surface area contributed by atoms with Crippen LogP contribution in [0, 0.1) is 25.2 Å². The van der Waals surface area contributed by atoms with Gasteiger partial charge in [-0.3, -0.25) is 4.79 Å². The number of carbonyl (C=O) groups is 1. The van der Waals surface area contributed by atoms with Gasteiger partial charge in [-0.15, -0.1) is 0 Å². The maximum absolute atomic E-state index is 11.1. The van der Waals surface area contributed by atoms with E-state index in [4.69, 9.17) is 5.11 Å². The van der Waals surface area contributed by atoms with Crippen LogP contribution in [0.1, 0.15) is 36.5 Å². The van der Waals surface area contributed by atoms with Gasteiger partial charge in [0.05, 0.1) is 5.92 Å². The number of carboxylic acids is 1. The second kappa shape index (κ2) is 3.34. The van der Waals surface area contributed by atoms with Crippen molar-refractivity contribution in [2.24, 2.45) is 11.3 Å². The first kappa shape index (κ1) is 11.2. The van der Waals surface area contributed by atoms with Crippen LogP contribution in [0.4, 0.5) is 0 Å². The molecule has 2 rings (SSSR count). The van der Waals surface area contributed by atoms with Gasteiger partial charge in [0.1, 0.15) is 0 Å². The average Bonchev–Trinajstić information content (AvgIpc) is 2.74. The molecule has 0 heterocycles. The molecule has 0 aliphatic heterocycles. The summed E-state index contributed by atoms with van der Waals surface area (Å²) in [6.45, 7) is 8.22. The minimum atomic E-state index is -0.673. The highest BCUT2D eigenvalue weighted by molar-refractivity contribution is 5.77. The first-order valence-electron chi connectivity index (χ1n) is 5.65. The summed E-state index contributed by atoms with van der Waals surface area (Å²) in [5.41, 5.74) is 3.56. The number of carboxylic acid groups (broad SMARTS) is 1. The largest absolute Gasteiger partial charge is 0.481 e. The van der Waals surface area contributed by atoms with E-state index in [1.165, 1.54) is 16.7 Å². The highest BCUT2D eigenvalue weighted by Gasteiger charge is 2.62. The van der Waals surface area contributed by atoms with E-state index >= 15 is 0 Å². The first-order chi connectivity index (χ1) is 7.35. The van der Waals surface area contributed by atoms with Gasteiger partial charge in [0.15, 0.2) is 0 Å². The van der Waals surface area contributed by atoms with Crippen LogP contribution in [0.3, 0.4) is 0 Å². The monoisotopic (exact) mass is 218 g/mol. The Morgan fingerprint density at radius 1 is 1.25 bits per heavy atom. The van der Waals surface area contributed by atoms with Crippen LogP contribution in [0.25, 0.3) is 0 Å². The van der Waals surface area contributed by atoms with Crippen molar-refractivity contribution < 1.29 is 9.90 Å². The third kappa shape index (κ3) is 1.53. The predicted molar refractivity (Wildman–Crippen MR) is 63.6 cm³/mol. The van der Waals surface area contributed by atoms with Crippen LogP contribution < -0.4 is 0 Å². The second-order valence-electron chi connectivity index (χ2n) is 5.46. The Morgan fingerprint density at radius 3 is 2.31 bits per heavy atom. The van der Waals surface area contributed by atoms with Crippen LogP contribution in [0.15, 0.2) is 18.2 Å². The zero-order valence-corrected chi connectivity index (χ0v) is 10.2. The molecule has 86 valence electrons. The molecule has 0 radical (unpaired) electrons. The summed E-state index contributed by atoms with van der Waals surface area (Å²) in [7, 11) is 0. The van der Waals surface area contributed by atoms with Crippen molar-refractivity contribution >= 4 is 5.97 Å². The van der Waals surface area contributed by atoms with Gasteiger partial charge in [0.2, 0.25) is 0 Å². The van der Waals surface area contributed by atoms with Crippen molar-refractivity contribution in [2.75, 3.05) is 0 Å². The smallest absolute Gasteiger partial charge is 0.307 e. The van der Waals surface area contributed by atoms with Gasteiger partial charge in [-0.05, 0) is 36.0 Å². The minimum Gasteiger partial charge on any atom is -0.481 e. The lowest BCUT2D eigenvalue weighted by molar-refractivity contribution is -0.139. The van der Waals surface area contributed by atoms with Gasteiger partial charge in [-0.1, -0.05) is 32.0 Å². The molecule has 2 heteroatoms. The summed E-state index contributed by atoms with van der Waals surface area (Å²) >= 11 is 0. The van der Waals surface area contributed by atoms with Crippen LogP contribution in [-0.2, 0) is 4.79 Å². The molecule has 1 aromatic carbocycles. The average molecular weight is 218 g/mol. The van der Waals surface area contributed by atoms with Crippen molar-refractivity contribution in [3.8, 4) is 0 Å². The van der Waals surface area contributed by atoms with Gasteiger partial charge in [-0.2, -0.15) is 0 Å². The number of rotatable bonds is 2. The van der Waals surface area contributed by atoms with Crippen LogP contribution >= 0.6 is 0 Å². The predicted octanol–water partition coefficient (Wildman–Crippen LogP) is 3.13. The molecule has 1 aromatic rings. The third-order valence-electron chi connectivity index (χ3n) is 3.98. The number of aryl methyl sites for hydroxylation is 2. The summed E-state index contributed by atoms with van der Waals surface area (Å²) in [6.07, 6.45) is 0. The molecule has 1 aliphatic rings. The van der Waals surface area contributed by atoms with E-state index in [0.29, 0.717) is 0 Å². The van der Waals surface area contributed by atoms with E-state index in [9.17, 15) is 4.79 Å². The Kier molecular flexibility index (Phi) is 2.33. The molecule has 2 atom stereocenters. The van der Waals surface area contributed by atoms with E-state index in [1.54, 1.807) is 0 Å². The zero-order chi connectivity index (χ0) is 12.1. The van der Waals surface area contributed by atoms with E-state index in [2.05, 4.69) is 32.0 Å². The summed E-state index contributed by atoms with van der Waals surface area (Å²) in [6, 6.07) is 6.28. The molecule has 0 aromatic heterocycles. The van der Waals surface area contributed by atoms with Gasteiger partial charge in [0.25, 0.3) is 0 Å². The van der Waals surface area contributed by atoms with Crippen molar-refractivity contribution in [2.45, 2.75) is 33.6 Å². The molecule has 2 nitrogen and oxygen atoms in total. The van der Waals surface area contributed by atoms with Crippen molar-refractivity contribution in [1.29, 1.82) is 0 Å². The molecular weight excluding hydrogens is 200 g/mol. The lowest BCUT2D eigenvalue weighted by atomic mass is 9.99. The summed E-state index contributed by atoms with van der Waals surface area (Å²) in [5, 5.41) is 9.14. The van der Waals surface area contributed by atoms with E-state index < -0.39 is 5.97 Å². The van der Waals surface area contributed by atoms with Gasteiger partial charge >= 0.3 is 5.97 Å². The van der Waals surface area contributed by atoms with E-state index in [1.807, 2.05) is 13.8 Å². The maximum atomic E-state index is 11.1. The standard InChI is InChI=1S/C14H18O2/c1-8-5-6-10(7-9(8)2)11-12(13(15)16)14(11,3)4/h5-7,11-12H,1-4H3,(H,15,16)/t11-,12+/m1/s1. The Morgan fingerprint density at radius 2 is 1.88 bits per heavy atom. The normalized spacial score (nSPS) is 26.5. The van der Waals surface area contributed by atoms with Crippen LogP contribution in [0.5, 0.6) is 0 Å². The molecular formula is C14H18O2. The molecule has 0 amide bonds. The van der Waals surface area contributed by atoms with Crippen molar-refractivity contribution in [3.63, 3.8) is 0 Å². The molecule has 1 N–H and O–H groups in total.